The number of β-amino-alcohol motifs (C(OH)–C–C–N with tert-alkyl or cyclic N) is 1. The highest BCUT2D eigenvalue weighted by atomic mass is 16.5. The largest absolute Gasteiger partial charge is 0.485 e. The molecule has 1 fully saturated rings. The molecule has 288 valence electrons. The molecule has 0 amide bonds. The van der Waals surface area contributed by atoms with E-state index in [1.165, 1.54) is 0 Å². The van der Waals surface area contributed by atoms with Gasteiger partial charge in [0.25, 0.3) is 0 Å². The van der Waals surface area contributed by atoms with E-state index in [2.05, 4.69) is 124 Å². The Bertz CT molecular complexity index is 2270. The molecular weight excluding hydrogens is 713 g/mol. The third-order valence-electron chi connectivity index (χ3n) is 10.4. The number of pyridine rings is 1. The van der Waals surface area contributed by atoms with E-state index < -0.39 is 11.6 Å². The third-order valence-corrected chi connectivity index (χ3v) is 10.4. The third kappa shape index (κ3) is 8.06. The minimum atomic E-state index is -0.871. The van der Waals surface area contributed by atoms with E-state index in [0.717, 1.165) is 57.7 Å². The number of aliphatic hydroxyl groups is 1. The van der Waals surface area contributed by atoms with Crippen LogP contribution in [0.5, 0.6) is 11.5 Å². The van der Waals surface area contributed by atoms with Gasteiger partial charge in [-0.05, 0) is 57.7 Å². The van der Waals surface area contributed by atoms with Crippen molar-refractivity contribution in [3.8, 4) is 34.0 Å². The molecule has 2 aromatic heterocycles. The Labute approximate surface area is 333 Å². The van der Waals surface area contributed by atoms with Crippen molar-refractivity contribution in [2.24, 2.45) is 0 Å². The van der Waals surface area contributed by atoms with Crippen molar-refractivity contribution in [2.75, 3.05) is 39.5 Å². The van der Waals surface area contributed by atoms with Crippen LogP contribution >= 0.6 is 0 Å². The lowest BCUT2D eigenvalue weighted by atomic mass is 9.77. The lowest BCUT2D eigenvalue weighted by Crippen LogP contribution is -2.42. The van der Waals surface area contributed by atoms with Gasteiger partial charge < -0.3 is 19.3 Å². The van der Waals surface area contributed by atoms with Gasteiger partial charge in [-0.3, -0.25) is 9.88 Å². The number of morpholine rings is 1. The molecule has 0 radical (unpaired) electrons. The highest BCUT2D eigenvalue weighted by Crippen LogP contribution is 2.43. The van der Waals surface area contributed by atoms with Crippen LogP contribution in [0, 0.1) is 13.8 Å². The van der Waals surface area contributed by atoms with Crippen molar-refractivity contribution in [1.29, 1.82) is 0 Å². The Balaban J connectivity index is 1.08. The Hall–Kier alpha value is -6.20. The zero-order valence-corrected chi connectivity index (χ0v) is 32.2. The van der Waals surface area contributed by atoms with E-state index in [0.29, 0.717) is 49.4 Å². The van der Waals surface area contributed by atoms with Gasteiger partial charge in [-0.1, -0.05) is 140 Å². The quantitative estimate of drug-likeness (QED) is 0.113. The van der Waals surface area contributed by atoms with Gasteiger partial charge >= 0.3 is 0 Å². The van der Waals surface area contributed by atoms with Crippen molar-refractivity contribution >= 4 is 0 Å². The number of benzene rings is 5. The number of aryl methyl sites for hydroxylation is 2. The van der Waals surface area contributed by atoms with Crippen LogP contribution in [-0.4, -0.2) is 80.8 Å². The standard InChI is InChI=1S/C47H46N6O4/c1-34-30-44(45(35(2)48-34)57-33-41(54)31-52-26-28-55-29-27-52)56-32-36-22-24-37(25-23-36)42-20-12-13-21-43(42)46-49-50-51-53(46)47(38-14-6-3-7-15-38,39-16-8-4-9-17-39)40-18-10-5-11-19-40/h3-25,30,41,54H,26-29,31-33H2,1-2H3. The molecule has 10 heteroatoms. The molecule has 3 heterocycles. The van der Waals surface area contributed by atoms with Crippen LogP contribution in [0.15, 0.2) is 146 Å². The molecule has 0 spiro atoms. The lowest BCUT2D eigenvalue weighted by molar-refractivity contribution is 0.00428. The average Bonchev–Trinajstić information content (AvgIpc) is 3.75. The maximum Gasteiger partial charge on any atom is 0.184 e. The molecule has 0 bridgehead atoms. The summed E-state index contributed by atoms with van der Waals surface area (Å²) >= 11 is 0. The van der Waals surface area contributed by atoms with Crippen LogP contribution in [0.3, 0.4) is 0 Å². The van der Waals surface area contributed by atoms with Gasteiger partial charge in [0, 0.05) is 37.0 Å². The summed E-state index contributed by atoms with van der Waals surface area (Å²) in [6.45, 7) is 7.78. The molecule has 1 N–H and O–H groups in total. The van der Waals surface area contributed by atoms with Gasteiger partial charge in [-0.15, -0.1) is 5.10 Å². The minimum absolute atomic E-state index is 0.139. The summed E-state index contributed by atoms with van der Waals surface area (Å²) in [5, 5.41) is 24.5. The molecular formula is C47H46N6O4. The summed E-state index contributed by atoms with van der Waals surface area (Å²) < 4.78 is 19.9. The fraction of sp³-hybridized carbons (Fsp3) is 0.234. The molecule has 1 aliphatic heterocycles. The van der Waals surface area contributed by atoms with Crippen molar-refractivity contribution in [2.45, 2.75) is 32.1 Å². The van der Waals surface area contributed by atoms with Crippen LogP contribution < -0.4 is 9.47 Å². The van der Waals surface area contributed by atoms with Crippen molar-refractivity contribution in [1.82, 2.24) is 30.1 Å². The lowest BCUT2D eigenvalue weighted by Gasteiger charge is -2.36. The van der Waals surface area contributed by atoms with E-state index in [4.69, 9.17) is 24.5 Å². The Morgan fingerprint density at radius 2 is 1.30 bits per heavy atom. The first-order chi connectivity index (χ1) is 28.0. The molecule has 0 saturated carbocycles. The van der Waals surface area contributed by atoms with Crippen molar-refractivity contribution in [3.05, 3.63) is 179 Å². The zero-order chi connectivity index (χ0) is 39.0. The molecule has 5 aromatic carbocycles. The summed E-state index contributed by atoms with van der Waals surface area (Å²) in [6.07, 6.45) is -0.650. The number of hydrogen-bond acceptors (Lipinski definition) is 9. The van der Waals surface area contributed by atoms with Crippen molar-refractivity contribution < 1.29 is 19.3 Å². The molecule has 0 aliphatic carbocycles. The first-order valence-corrected chi connectivity index (χ1v) is 19.4. The zero-order valence-electron chi connectivity index (χ0n) is 32.2. The van der Waals surface area contributed by atoms with E-state index in [-0.39, 0.29) is 6.61 Å². The van der Waals surface area contributed by atoms with Crippen LogP contribution in [-0.2, 0) is 16.9 Å². The smallest absolute Gasteiger partial charge is 0.184 e. The second-order valence-corrected chi connectivity index (χ2v) is 14.3. The van der Waals surface area contributed by atoms with Crippen LogP contribution in [0.1, 0.15) is 33.6 Å². The molecule has 1 aliphatic rings. The van der Waals surface area contributed by atoms with Gasteiger partial charge in [0.1, 0.15) is 24.9 Å². The summed E-state index contributed by atoms with van der Waals surface area (Å²) in [7, 11) is 0. The Morgan fingerprint density at radius 3 is 1.91 bits per heavy atom. The average molecular weight is 759 g/mol. The number of rotatable bonds is 14. The molecule has 1 saturated heterocycles. The Kier molecular flexibility index (Phi) is 11.4. The number of ether oxygens (including phenoxy) is 3. The molecule has 57 heavy (non-hydrogen) atoms. The topological polar surface area (TPSA) is 108 Å². The predicted molar refractivity (Wildman–Crippen MR) is 220 cm³/mol. The highest BCUT2D eigenvalue weighted by molar-refractivity contribution is 5.81. The van der Waals surface area contributed by atoms with Gasteiger partial charge in [0.15, 0.2) is 17.3 Å². The first kappa shape index (κ1) is 37.7. The van der Waals surface area contributed by atoms with Gasteiger partial charge in [-0.2, -0.15) is 0 Å². The second-order valence-electron chi connectivity index (χ2n) is 14.3. The number of aromatic nitrogens is 5. The minimum Gasteiger partial charge on any atom is -0.485 e. The monoisotopic (exact) mass is 758 g/mol. The summed E-state index contributed by atoms with van der Waals surface area (Å²) in [5.41, 5.74) is 7.69. The SMILES string of the molecule is Cc1cc(OCc2ccc(-c3ccccc3-c3nnnn3C(c3ccccc3)(c3ccccc3)c3ccccc3)cc2)c(OCC(O)CN2CCOCC2)c(C)n1. The fourth-order valence-electron chi connectivity index (χ4n) is 7.74. The molecule has 10 nitrogen and oxygen atoms in total. The molecule has 1 atom stereocenters. The normalized spacial score (nSPS) is 13.9. The van der Waals surface area contributed by atoms with E-state index in [1.807, 2.05) is 54.9 Å². The molecule has 8 rings (SSSR count). The fourth-order valence-corrected chi connectivity index (χ4v) is 7.74. The number of nitrogens with zero attached hydrogens (tertiary/aromatic N) is 6. The molecule has 1 unspecified atom stereocenters. The maximum atomic E-state index is 10.7. The first-order valence-electron chi connectivity index (χ1n) is 19.4. The van der Waals surface area contributed by atoms with Gasteiger partial charge in [0.2, 0.25) is 0 Å². The number of aliphatic hydroxyl groups excluding tert-OH is 1. The van der Waals surface area contributed by atoms with E-state index in [9.17, 15) is 5.11 Å². The summed E-state index contributed by atoms with van der Waals surface area (Å²) in [4.78, 5) is 6.79. The number of tetrazole rings is 1. The van der Waals surface area contributed by atoms with E-state index >= 15 is 0 Å². The second kappa shape index (κ2) is 17.3. The van der Waals surface area contributed by atoms with Crippen LogP contribution in [0.25, 0.3) is 22.5 Å². The number of hydrogen-bond donors (Lipinski definition) is 1. The maximum absolute atomic E-state index is 10.7. The summed E-state index contributed by atoms with van der Waals surface area (Å²) in [6, 6.07) is 49.7. The molecule has 7 aromatic rings. The van der Waals surface area contributed by atoms with Crippen LogP contribution in [0.2, 0.25) is 0 Å². The van der Waals surface area contributed by atoms with E-state index in [1.54, 1.807) is 0 Å². The van der Waals surface area contributed by atoms with Gasteiger partial charge in [0.05, 0.1) is 18.9 Å². The highest BCUT2D eigenvalue weighted by Gasteiger charge is 2.42. The summed E-state index contributed by atoms with van der Waals surface area (Å²) in [5.74, 6) is 1.78. The Morgan fingerprint density at radius 1 is 0.719 bits per heavy atom. The predicted octanol–water partition coefficient (Wildman–Crippen LogP) is 7.51. The van der Waals surface area contributed by atoms with Crippen LogP contribution in [0.4, 0.5) is 0 Å². The van der Waals surface area contributed by atoms with Crippen molar-refractivity contribution in [3.63, 3.8) is 0 Å². The van der Waals surface area contributed by atoms with Gasteiger partial charge in [-0.25, -0.2) is 4.68 Å².